The molecule has 1 aliphatic rings. The number of nitrogens with one attached hydrogen (secondary N) is 3. The Hall–Kier alpha value is -1.26. The van der Waals surface area contributed by atoms with E-state index >= 15 is 0 Å². The zero-order chi connectivity index (χ0) is 14.1. The smallest absolute Gasteiger partial charge is 0.222 e. The molecule has 0 spiro atoms. The maximum atomic E-state index is 11.7. The van der Waals surface area contributed by atoms with Gasteiger partial charge in [-0.3, -0.25) is 9.79 Å². The molecule has 0 unspecified atom stereocenters. The van der Waals surface area contributed by atoms with E-state index in [4.69, 9.17) is 0 Å². The van der Waals surface area contributed by atoms with Crippen LogP contribution in [0.5, 0.6) is 0 Å². The topological polar surface area (TPSA) is 65.5 Å². The second-order valence-electron chi connectivity index (χ2n) is 5.36. The Morgan fingerprint density at radius 2 is 2.00 bits per heavy atom. The molecule has 0 aromatic carbocycles. The van der Waals surface area contributed by atoms with Crippen molar-refractivity contribution in [2.45, 2.75) is 65.0 Å². The first-order valence-corrected chi connectivity index (χ1v) is 7.46. The van der Waals surface area contributed by atoms with Crippen LogP contribution in [0.25, 0.3) is 0 Å². The number of carbonyl (C=O) groups is 1. The summed E-state index contributed by atoms with van der Waals surface area (Å²) in [7, 11) is 0. The van der Waals surface area contributed by atoms with Crippen molar-refractivity contribution < 1.29 is 4.79 Å². The molecular weight excluding hydrogens is 240 g/mol. The molecule has 1 saturated carbocycles. The van der Waals surface area contributed by atoms with Crippen LogP contribution in [0.1, 0.15) is 52.9 Å². The zero-order valence-corrected chi connectivity index (χ0v) is 12.5. The number of carbonyl (C=O) groups excluding carboxylic acids is 1. The van der Waals surface area contributed by atoms with E-state index < -0.39 is 0 Å². The number of amides is 1. The van der Waals surface area contributed by atoms with Crippen molar-refractivity contribution in [1.82, 2.24) is 16.0 Å². The first kappa shape index (κ1) is 15.8. The molecule has 19 heavy (non-hydrogen) atoms. The van der Waals surface area contributed by atoms with Gasteiger partial charge in [0.2, 0.25) is 5.91 Å². The number of hydrogen-bond acceptors (Lipinski definition) is 2. The number of hydrogen-bond donors (Lipinski definition) is 3. The fraction of sp³-hybridized carbons (Fsp3) is 0.857. The van der Waals surface area contributed by atoms with Gasteiger partial charge in [0, 0.05) is 25.0 Å². The summed E-state index contributed by atoms with van der Waals surface area (Å²) in [6, 6.07) is 0.739. The Morgan fingerprint density at radius 3 is 2.58 bits per heavy atom. The number of guanidine groups is 1. The Bertz CT molecular complexity index is 296. The third-order valence-electron chi connectivity index (χ3n) is 3.10. The van der Waals surface area contributed by atoms with Gasteiger partial charge in [-0.25, -0.2) is 0 Å². The average Bonchev–Trinajstić information content (AvgIpc) is 2.81. The predicted molar refractivity (Wildman–Crippen MR) is 79.3 cm³/mol. The molecule has 1 aliphatic carbocycles. The molecule has 1 rings (SSSR count). The summed E-state index contributed by atoms with van der Waals surface area (Å²) in [5.74, 6) is 0.905. The highest BCUT2D eigenvalue weighted by molar-refractivity contribution is 5.81. The molecule has 1 amide bonds. The van der Waals surface area contributed by atoms with Gasteiger partial charge in [-0.15, -0.1) is 0 Å². The van der Waals surface area contributed by atoms with Crippen molar-refractivity contribution in [3.8, 4) is 0 Å². The molecule has 1 fully saturated rings. The van der Waals surface area contributed by atoms with Gasteiger partial charge in [0.1, 0.15) is 0 Å². The van der Waals surface area contributed by atoms with Crippen LogP contribution in [0.4, 0.5) is 0 Å². The van der Waals surface area contributed by atoms with Gasteiger partial charge in [0.25, 0.3) is 0 Å². The van der Waals surface area contributed by atoms with Gasteiger partial charge in [-0.2, -0.15) is 0 Å². The van der Waals surface area contributed by atoms with Gasteiger partial charge in [-0.05, 0) is 33.6 Å². The van der Waals surface area contributed by atoms with Crippen LogP contribution in [-0.2, 0) is 4.79 Å². The predicted octanol–water partition coefficient (Wildman–Crippen LogP) is 1.40. The minimum Gasteiger partial charge on any atom is -0.357 e. The highest BCUT2D eigenvalue weighted by Gasteiger charge is 2.16. The van der Waals surface area contributed by atoms with Crippen LogP contribution in [0.2, 0.25) is 0 Å². The summed E-state index contributed by atoms with van der Waals surface area (Å²) < 4.78 is 0. The summed E-state index contributed by atoms with van der Waals surface area (Å²) in [6.45, 7) is 7.52. The Morgan fingerprint density at radius 1 is 1.32 bits per heavy atom. The molecule has 5 heteroatoms. The first-order valence-electron chi connectivity index (χ1n) is 7.46. The minimum atomic E-state index is 0.121. The maximum Gasteiger partial charge on any atom is 0.222 e. The quantitative estimate of drug-likeness (QED) is 0.504. The van der Waals surface area contributed by atoms with Crippen LogP contribution in [0.3, 0.4) is 0 Å². The molecule has 0 atom stereocenters. The van der Waals surface area contributed by atoms with Gasteiger partial charge >= 0.3 is 0 Å². The lowest BCUT2D eigenvalue weighted by atomic mass is 10.2. The van der Waals surface area contributed by atoms with Crippen molar-refractivity contribution >= 4 is 11.9 Å². The largest absolute Gasteiger partial charge is 0.357 e. The van der Waals surface area contributed by atoms with Crippen molar-refractivity contribution in [3.05, 3.63) is 0 Å². The average molecular weight is 268 g/mol. The number of rotatable bonds is 6. The molecule has 5 nitrogen and oxygen atoms in total. The van der Waals surface area contributed by atoms with Gasteiger partial charge in [0.15, 0.2) is 5.96 Å². The van der Waals surface area contributed by atoms with E-state index in [2.05, 4.69) is 34.8 Å². The molecule has 0 aromatic rings. The summed E-state index contributed by atoms with van der Waals surface area (Å²) in [4.78, 5) is 16.1. The van der Waals surface area contributed by atoms with Crippen LogP contribution in [0, 0.1) is 0 Å². The summed E-state index contributed by atoms with van der Waals surface area (Å²) in [6.07, 6.45) is 5.21. The Kier molecular flexibility index (Phi) is 7.30. The SMILES string of the molecule is CCNC(=NCCC(=O)NC1CCCC1)NC(C)C. The fourth-order valence-corrected chi connectivity index (χ4v) is 2.23. The van der Waals surface area contributed by atoms with Crippen molar-refractivity contribution in [2.75, 3.05) is 13.1 Å². The Balaban J connectivity index is 2.26. The van der Waals surface area contributed by atoms with Crippen LogP contribution < -0.4 is 16.0 Å². The monoisotopic (exact) mass is 268 g/mol. The van der Waals surface area contributed by atoms with E-state index in [9.17, 15) is 4.79 Å². The van der Waals surface area contributed by atoms with E-state index in [0.717, 1.165) is 25.3 Å². The van der Waals surface area contributed by atoms with E-state index in [1.807, 2.05) is 6.92 Å². The third kappa shape index (κ3) is 7.03. The molecule has 3 N–H and O–H groups in total. The van der Waals surface area contributed by atoms with Crippen LogP contribution >= 0.6 is 0 Å². The molecule has 0 aliphatic heterocycles. The maximum absolute atomic E-state index is 11.7. The first-order chi connectivity index (χ1) is 9.11. The molecular formula is C14H28N4O. The number of aliphatic imine (C=N–C) groups is 1. The second-order valence-corrected chi connectivity index (χ2v) is 5.36. The molecule has 0 radical (unpaired) electrons. The van der Waals surface area contributed by atoms with Crippen molar-refractivity contribution in [1.29, 1.82) is 0 Å². The molecule has 0 aromatic heterocycles. The van der Waals surface area contributed by atoms with Crippen molar-refractivity contribution in [2.24, 2.45) is 4.99 Å². The van der Waals surface area contributed by atoms with Crippen LogP contribution in [0.15, 0.2) is 4.99 Å². The van der Waals surface area contributed by atoms with Gasteiger partial charge in [-0.1, -0.05) is 12.8 Å². The third-order valence-corrected chi connectivity index (χ3v) is 3.10. The molecule has 0 saturated heterocycles. The normalized spacial score (nSPS) is 16.7. The van der Waals surface area contributed by atoms with Crippen molar-refractivity contribution in [3.63, 3.8) is 0 Å². The summed E-state index contributed by atoms with van der Waals surface area (Å²) in [5, 5.41) is 9.48. The van der Waals surface area contributed by atoms with E-state index in [-0.39, 0.29) is 5.91 Å². The highest BCUT2D eigenvalue weighted by Crippen LogP contribution is 2.17. The summed E-state index contributed by atoms with van der Waals surface area (Å²) >= 11 is 0. The lowest BCUT2D eigenvalue weighted by Gasteiger charge is -2.14. The second kappa shape index (κ2) is 8.77. The Labute approximate surface area is 116 Å². The standard InChI is InChI=1S/C14H28N4O/c1-4-15-14(17-11(2)3)16-10-9-13(19)18-12-7-5-6-8-12/h11-12H,4-10H2,1-3H3,(H,18,19)(H2,15,16,17). The van der Waals surface area contributed by atoms with E-state index in [0.29, 0.717) is 25.0 Å². The fourth-order valence-electron chi connectivity index (χ4n) is 2.23. The van der Waals surface area contributed by atoms with Gasteiger partial charge in [0.05, 0.1) is 6.54 Å². The van der Waals surface area contributed by atoms with E-state index in [1.165, 1.54) is 12.8 Å². The highest BCUT2D eigenvalue weighted by atomic mass is 16.1. The van der Waals surface area contributed by atoms with Crippen LogP contribution in [-0.4, -0.2) is 37.0 Å². The van der Waals surface area contributed by atoms with Gasteiger partial charge < -0.3 is 16.0 Å². The lowest BCUT2D eigenvalue weighted by molar-refractivity contribution is -0.121. The zero-order valence-electron chi connectivity index (χ0n) is 12.5. The minimum absolute atomic E-state index is 0.121. The number of nitrogens with zero attached hydrogens (tertiary/aromatic N) is 1. The molecule has 110 valence electrons. The summed E-state index contributed by atoms with van der Waals surface area (Å²) in [5.41, 5.74) is 0. The molecule has 0 bridgehead atoms. The lowest BCUT2D eigenvalue weighted by Crippen LogP contribution is -2.41. The van der Waals surface area contributed by atoms with E-state index in [1.54, 1.807) is 0 Å². The molecule has 0 heterocycles.